The first kappa shape index (κ1) is 27.4. The third-order valence-corrected chi connectivity index (χ3v) is 7.69. The van der Waals surface area contributed by atoms with E-state index in [9.17, 15) is 5.26 Å². The number of nitrogens with one attached hydrogen (secondary N) is 1. The molecule has 0 unspecified atom stereocenters. The van der Waals surface area contributed by atoms with Crippen molar-refractivity contribution < 1.29 is 9.47 Å². The summed E-state index contributed by atoms with van der Waals surface area (Å²) in [6.07, 6.45) is 8.99. The van der Waals surface area contributed by atoms with E-state index in [1.165, 1.54) is 19.3 Å². The Labute approximate surface area is 229 Å². The van der Waals surface area contributed by atoms with Crippen LogP contribution in [0.4, 0.5) is 5.82 Å². The zero-order valence-corrected chi connectivity index (χ0v) is 22.4. The van der Waals surface area contributed by atoms with Gasteiger partial charge in [-0.3, -0.25) is 4.90 Å². The van der Waals surface area contributed by atoms with E-state index in [1.807, 2.05) is 18.5 Å². The Balaban J connectivity index is 0.00000160. The van der Waals surface area contributed by atoms with E-state index in [0.717, 1.165) is 80.7 Å². The maximum Gasteiger partial charge on any atom is 0.138 e. The van der Waals surface area contributed by atoms with Gasteiger partial charge in [0.05, 0.1) is 36.7 Å². The quantitative estimate of drug-likeness (QED) is 0.505. The van der Waals surface area contributed by atoms with Crippen LogP contribution in [0.2, 0.25) is 0 Å². The number of ether oxygens (including phenoxy) is 2. The van der Waals surface area contributed by atoms with Crippen LogP contribution in [0.25, 0.3) is 16.6 Å². The molecule has 3 saturated heterocycles. The Bertz CT molecular complexity index is 1220. The SMILES string of the molecule is Cl.Cl.N#Cc1cnn2cc(OCCN3CCOCC3)cc(-c3ccc(N4CCC5(CCN5)CC4)nc3)c12. The van der Waals surface area contributed by atoms with Crippen LogP contribution < -0.4 is 15.0 Å². The monoisotopic (exact) mass is 545 g/mol. The highest BCUT2D eigenvalue weighted by Gasteiger charge is 2.39. The minimum absolute atomic E-state index is 0. The molecule has 6 heterocycles. The van der Waals surface area contributed by atoms with Crippen molar-refractivity contribution in [2.75, 3.05) is 64.0 Å². The van der Waals surface area contributed by atoms with Crippen molar-refractivity contribution in [3.05, 3.63) is 42.4 Å². The zero-order valence-electron chi connectivity index (χ0n) is 20.8. The molecule has 1 spiro atoms. The molecule has 9 nitrogen and oxygen atoms in total. The van der Waals surface area contributed by atoms with Gasteiger partial charge in [-0.15, -0.1) is 24.8 Å². The summed E-state index contributed by atoms with van der Waals surface area (Å²) in [6.45, 7) is 8.06. The number of nitriles is 1. The molecule has 0 saturated carbocycles. The van der Waals surface area contributed by atoms with Gasteiger partial charge >= 0.3 is 0 Å². The molecule has 6 rings (SSSR count). The third kappa shape index (κ3) is 5.64. The molecular formula is C26H33Cl2N7O2. The number of morpholine rings is 1. The lowest BCUT2D eigenvalue weighted by Crippen LogP contribution is -2.62. The van der Waals surface area contributed by atoms with E-state index >= 15 is 0 Å². The number of nitrogens with zero attached hydrogens (tertiary/aromatic N) is 6. The number of halogens is 2. The van der Waals surface area contributed by atoms with Crippen LogP contribution in [0, 0.1) is 11.3 Å². The molecule has 0 amide bonds. The smallest absolute Gasteiger partial charge is 0.138 e. The van der Waals surface area contributed by atoms with Gasteiger partial charge in [-0.05, 0) is 44.0 Å². The first-order chi connectivity index (χ1) is 17.2. The van der Waals surface area contributed by atoms with Gasteiger partial charge in [0.15, 0.2) is 0 Å². The molecule has 3 fully saturated rings. The molecule has 0 aliphatic carbocycles. The van der Waals surface area contributed by atoms with Crippen molar-refractivity contribution >= 4 is 36.1 Å². The highest BCUT2D eigenvalue weighted by atomic mass is 35.5. The molecule has 3 aromatic heterocycles. The summed E-state index contributed by atoms with van der Waals surface area (Å²) < 4.78 is 13.3. The Morgan fingerprint density at radius 1 is 1.08 bits per heavy atom. The number of rotatable bonds is 6. The minimum Gasteiger partial charge on any atom is -0.491 e. The summed E-state index contributed by atoms with van der Waals surface area (Å²) in [4.78, 5) is 9.52. The van der Waals surface area contributed by atoms with Crippen LogP contribution in [-0.2, 0) is 4.74 Å². The van der Waals surface area contributed by atoms with Crippen molar-refractivity contribution in [2.24, 2.45) is 0 Å². The van der Waals surface area contributed by atoms with E-state index in [-0.39, 0.29) is 24.8 Å². The lowest BCUT2D eigenvalue weighted by molar-refractivity contribution is 0.0322. The normalized spacial score (nSPS) is 18.9. The standard InChI is InChI=1S/C26H31N7O2.2ClH/c27-16-21-18-30-33-19-22(35-14-11-31-9-12-34-13-10-31)15-23(25(21)33)20-1-2-24(28-17-20)32-7-4-26(5-8-32)3-6-29-26;;/h1-2,15,17-19,29H,3-14H2;2*1H. The summed E-state index contributed by atoms with van der Waals surface area (Å²) in [5, 5.41) is 17.7. The largest absolute Gasteiger partial charge is 0.491 e. The van der Waals surface area contributed by atoms with Crippen molar-refractivity contribution in [1.82, 2.24) is 24.8 Å². The number of anilines is 1. The van der Waals surface area contributed by atoms with Crippen molar-refractivity contribution in [2.45, 2.75) is 24.8 Å². The molecule has 3 aliphatic heterocycles. The van der Waals surface area contributed by atoms with Gasteiger partial charge in [0, 0.05) is 55.6 Å². The molecule has 37 heavy (non-hydrogen) atoms. The molecule has 3 aliphatic rings. The molecule has 3 aromatic rings. The Hall–Kier alpha value is -2.61. The molecular weight excluding hydrogens is 513 g/mol. The number of fused-ring (bicyclic) bond motifs is 1. The predicted molar refractivity (Wildman–Crippen MR) is 147 cm³/mol. The highest BCUT2D eigenvalue weighted by Crippen LogP contribution is 2.34. The number of hydrogen-bond donors (Lipinski definition) is 1. The zero-order chi connectivity index (χ0) is 23.7. The van der Waals surface area contributed by atoms with Gasteiger partial charge in [0.25, 0.3) is 0 Å². The second-order valence-electron chi connectivity index (χ2n) is 9.70. The van der Waals surface area contributed by atoms with Crippen molar-refractivity contribution in [1.29, 1.82) is 5.26 Å². The fourth-order valence-corrected chi connectivity index (χ4v) is 5.40. The summed E-state index contributed by atoms with van der Waals surface area (Å²) in [7, 11) is 0. The number of piperidine rings is 1. The molecule has 1 N–H and O–H groups in total. The highest BCUT2D eigenvalue weighted by molar-refractivity contribution is 5.86. The Morgan fingerprint density at radius 2 is 1.86 bits per heavy atom. The average molecular weight is 547 g/mol. The first-order valence-corrected chi connectivity index (χ1v) is 12.5. The van der Waals surface area contributed by atoms with Gasteiger partial charge in [0.2, 0.25) is 0 Å². The van der Waals surface area contributed by atoms with Gasteiger partial charge in [-0.1, -0.05) is 0 Å². The summed E-state index contributed by atoms with van der Waals surface area (Å²) in [5.41, 5.74) is 3.54. The Morgan fingerprint density at radius 3 is 2.51 bits per heavy atom. The van der Waals surface area contributed by atoms with E-state index < -0.39 is 0 Å². The van der Waals surface area contributed by atoms with Gasteiger partial charge in [0.1, 0.15) is 24.2 Å². The van der Waals surface area contributed by atoms with Gasteiger partial charge in [-0.2, -0.15) is 10.4 Å². The summed E-state index contributed by atoms with van der Waals surface area (Å²) >= 11 is 0. The lowest BCUT2D eigenvalue weighted by atomic mass is 9.79. The van der Waals surface area contributed by atoms with Gasteiger partial charge < -0.3 is 19.7 Å². The summed E-state index contributed by atoms with van der Waals surface area (Å²) in [6, 6.07) is 8.45. The van der Waals surface area contributed by atoms with Crippen LogP contribution in [-0.4, -0.2) is 84.1 Å². The first-order valence-electron chi connectivity index (χ1n) is 12.5. The average Bonchev–Trinajstić information content (AvgIpc) is 3.31. The number of aromatic nitrogens is 3. The maximum absolute atomic E-state index is 9.65. The minimum atomic E-state index is 0. The van der Waals surface area contributed by atoms with E-state index in [4.69, 9.17) is 14.5 Å². The van der Waals surface area contributed by atoms with Crippen LogP contribution in [0.1, 0.15) is 24.8 Å². The molecule has 11 heteroatoms. The van der Waals surface area contributed by atoms with Crippen LogP contribution in [0.15, 0.2) is 36.8 Å². The number of pyridine rings is 2. The molecule has 0 bridgehead atoms. The number of hydrogen-bond acceptors (Lipinski definition) is 8. The summed E-state index contributed by atoms with van der Waals surface area (Å²) in [5.74, 6) is 1.73. The maximum atomic E-state index is 9.65. The molecule has 198 valence electrons. The van der Waals surface area contributed by atoms with E-state index in [2.05, 4.69) is 38.4 Å². The predicted octanol–water partition coefficient (Wildman–Crippen LogP) is 3.15. The third-order valence-electron chi connectivity index (χ3n) is 7.69. The van der Waals surface area contributed by atoms with Crippen LogP contribution >= 0.6 is 24.8 Å². The molecule has 0 aromatic carbocycles. The fraction of sp³-hybridized carbons (Fsp3) is 0.500. The fourth-order valence-electron chi connectivity index (χ4n) is 5.40. The Kier molecular flexibility index (Phi) is 8.78. The van der Waals surface area contributed by atoms with Crippen LogP contribution in [0.5, 0.6) is 5.75 Å². The van der Waals surface area contributed by atoms with E-state index in [1.54, 1.807) is 10.7 Å². The van der Waals surface area contributed by atoms with E-state index in [0.29, 0.717) is 17.7 Å². The molecule has 0 atom stereocenters. The van der Waals surface area contributed by atoms with Crippen LogP contribution in [0.3, 0.4) is 0 Å². The van der Waals surface area contributed by atoms with Gasteiger partial charge in [-0.25, -0.2) is 9.50 Å². The molecule has 0 radical (unpaired) electrons. The second-order valence-corrected chi connectivity index (χ2v) is 9.70. The van der Waals surface area contributed by atoms with Crippen molar-refractivity contribution in [3.63, 3.8) is 0 Å². The second kappa shape index (κ2) is 11.8. The lowest BCUT2D eigenvalue weighted by Gasteiger charge is -2.49. The topological polar surface area (TPSA) is 91.0 Å². The van der Waals surface area contributed by atoms with Crippen molar-refractivity contribution in [3.8, 4) is 22.9 Å².